The fourth-order valence-electron chi connectivity index (χ4n) is 1.34. The van der Waals surface area contributed by atoms with E-state index in [0.29, 0.717) is 17.3 Å². The molecule has 0 radical (unpaired) electrons. The van der Waals surface area contributed by atoms with E-state index < -0.39 is 0 Å². The summed E-state index contributed by atoms with van der Waals surface area (Å²) in [6.07, 6.45) is 0. The molecular weight excluding hydrogens is 226 g/mol. The molecule has 2 aromatic rings. The van der Waals surface area contributed by atoms with Gasteiger partial charge >= 0.3 is 0 Å². The van der Waals surface area contributed by atoms with Crippen LogP contribution in [0.25, 0.3) is 0 Å². The first kappa shape index (κ1) is 10.8. The molecule has 0 bridgehead atoms. The molecule has 0 saturated carbocycles. The number of aryl methyl sites for hydroxylation is 3. The SMILES string of the molecule is Cc1cc(NC(=O)c2nc(C)sc2C)no1. The highest BCUT2D eigenvalue weighted by Crippen LogP contribution is 2.17. The van der Waals surface area contributed by atoms with Crippen LogP contribution in [0.4, 0.5) is 5.82 Å². The van der Waals surface area contributed by atoms with Gasteiger partial charge in [-0.3, -0.25) is 4.79 Å². The third-order valence-corrected chi connectivity index (χ3v) is 2.87. The molecule has 0 unspecified atom stereocenters. The standard InChI is InChI=1S/C10H11N3O2S/c1-5-4-8(13-15-5)12-10(14)9-6(2)16-7(3)11-9/h4H,1-3H3,(H,12,13,14). The molecule has 16 heavy (non-hydrogen) atoms. The Morgan fingerprint density at radius 2 is 2.19 bits per heavy atom. The molecule has 84 valence electrons. The Hall–Kier alpha value is -1.69. The summed E-state index contributed by atoms with van der Waals surface area (Å²) in [7, 11) is 0. The number of nitrogens with one attached hydrogen (secondary N) is 1. The minimum atomic E-state index is -0.254. The lowest BCUT2D eigenvalue weighted by Gasteiger charge is -1.97. The third kappa shape index (κ3) is 2.11. The van der Waals surface area contributed by atoms with Crippen molar-refractivity contribution < 1.29 is 9.32 Å². The number of carbonyl (C=O) groups excluding carboxylic acids is 1. The number of nitrogens with zero attached hydrogens (tertiary/aromatic N) is 2. The van der Waals surface area contributed by atoms with E-state index in [1.807, 2.05) is 13.8 Å². The number of aromatic nitrogens is 2. The van der Waals surface area contributed by atoms with Crippen LogP contribution in [0.1, 0.15) is 26.1 Å². The van der Waals surface area contributed by atoms with E-state index in [9.17, 15) is 4.79 Å². The molecule has 0 aromatic carbocycles. The lowest BCUT2D eigenvalue weighted by Crippen LogP contribution is -2.13. The van der Waals surface area contributed by atoms with Crippen LogP contribution in [0, 0.1) is 20.8 Å². The number of anilines is 1. The summed E-state index contributed by atoms with van der Waals surface area (Å²) < 4.78 is 4.85. The van der Waals surface area contributed by atoms with E-state index in [1.165, 1.54) is 11.3 Å². The van der Waals surface area contributed by atoms with Gasteiger partial charge in [0.25, 0.3) is 5.91 Å². The Morgan fingerprint density at radius 3 is 2.69 bits per heavy atom. The van der Waals surface area contributed by atoms with Gasteiger partial charge in [-0.25, -0.2) is 4.98 Å². The average molecular weight is 237 g/mol. The lowest BCUT2D eigenvalue weighted by molar-refractivity contribution is 0.102. The van der Waals surface area contributed by atoms with Gasteiger partial charge in [0.05, 0.1) is 5.01 Å². The molecule has 0 saturated heterocycles. The van der Waals surface area contributed by atoms with Crippen molar-refractivity contribution in [3.63, 3.8) is 0 Å². The van der Waals surface area contributed by atoms with Gasteiger partial charge in [0.15, 0.2) is 5.82 Å². The number of carbonyl (C=O) groups is 1. The zero-order valence-electron chi connectivity index (χ0n) is 9.20. The zero-order valence-corrected chi connectivity index (χ0v) is 10.0. The molecule has 1 amide bonds. The minimum absolute atomic E-state index is 0.254. The zero-order chi connectivity index (χ0) is 11.7. The summed E-state index contributed by atoms with van der Waals surface area (Å²) in [4.78, 5) is 16.9. The monoisotopic (exact) mass is 237 g/mol. The maximum Gasteiger partial charge on any atom is 0.276 e. The highest BCUT2D eigenvalue weighted by atomic mass is 32.1. The molecule has 2 heterocycles. The van der Waals surface area contributed by atoms with Crippen molar-refractivity contribution in [2.24, 2.45) is 0 Å². The Kier molecular flexibility index (Phi) is 2.74. The number of hydrogen-bond acceptors (Lipinski definition) is 5. The quantitative estimate of drug-likeness (QED) is 0.870. The van der Waals surface area contributed by atoms with Crippen molar-refractivity contribution >= 4 is 23.1 Å². The highest BCUT2D eigenvalue weighted by molar-refractivity contribution is 7.11. The first-order valence-electron chi connectivity index (χ1n) is 4.75. The van der Waals surface area contributed by atoms with Crippen molar-refractivity contribution in [2.45, 2.75) is 20.8 Å². The van der Waals surface area contributed by atoms with E-state index in [1.54, 1.807) is 13.0 Å². The lowest BCUT2D eigenvalue weighted by atomic mass is 10.3. The second-order valence-corrected chi connectivity index (χ2v) is 4.82. The van der Waals surface area contributed by atoms with Crippen LogP contribution in [0.2, 0.25) is 0 Å². The van der Waals surface area contributed by atoms with Crippen molar-refractivity contribution in [3.8, 4) is 0 Å². The first-order chi connectivity index (χ1) is 7.56. The Morgan fingerprint density at radius 1 is 1.44 bits per heavy atom. The molecular formula is C10H11N3O2S. The summed E-state index contributed by atoms with van der Waals surface area (Å²) in [5.74, 6) is 0.809. The molecule has 0 aliphatic carbocycles. The van der Waals surface area contributed by atoms with Gasteiger partial charge in [0.1, 0.15) is 11.5 Å². The van der Waals surface area contributed by atoms with E-state index in [2.05, 4.69) is 15.5 Å². The molecule has 6 heteroatoms. The normalized spacial score (nSPS) is 10.4. The van der Waals surface area contributed by atoms with Gasteiger partial charge < -0.3 is 9.84 Å². The fourth-order valence-corrected chi connectivity index (χ4v) is 2.16. The summed E-state index contributed by atoms with van der Waals surface area (Å²) in [6, 6.07) is 1.66. The number of amides is 1. The van der Waals surface area contributed by atoms with Crippen molar-refractivity contribution in [3.05, 3.63) is 27.4 Å². The molecule has 5 nitrogen and oxygen atoms in total. The van der Waals surface area contributed by atoms with Crippen LogP contribution in [-0.4, -0.2) is 16.0 Å². The van der Waals surface area contributed by atoms with Crippen LogP contribution < -0.4 is 5.32 Å². The molecule has 0 fully saturated rings. The second-order valence-electron chi connectivity index (χ2n) is 3.41. The molecule has 0 aliphatic heterocycles. The maximum atomic E-state index is 11.8. The van der Waals surface area contributed by atoms with Gasteiger partial charge in [-0.1, -0.05) is 5.16 Å². The Balaban J connectivity index is 2.17. The Bertz CT molecular complexity index is 530. The molecule has 1 N–H and O–H groups in total. The van der Waals surface area contributed by atoms with E-state index >= 15 is 0 Å². The smallest absolute Gasteiger partial charge is 0.276 e. The predicted molar refractivity (Wildman–Crippen MR) is 60.8 cm³/mol. The molecule has 0 spiro atoms. The summed E-state index contributed by atoms with van der Waals surface area (Å²) in [5, 5.41) is 7.19. The summed E-state index contributed by atoms with van der Waals surface area (Å²) in [6.45, 7) is 5.50. The van der Waals surface area contributed by atoms with E-state index in [4.69, 9.17) is 4.52 Å². The van der Waals surface area contributed by atoms with Crippen molar-refractivity contribution in [1.82, 2.24) is 10.1 Å². The van der Waals surface area contributed by atoms with Crippen LogP contribution in [-0.2, 0) is 0 Å². The summed E-state index contributed by atoms with van der Waals surface area (Å²) >= 11 is 1.50. The number of hydrogen-bond donors (Lipinski definition) is 1. The van der Waals surface area contributed by atoms with Crippen molar-refractivity contribution in [1.29, 1.82) is 0 Å². The topological polar surface area (TPSA) is 68.0 Å². The second kappa shape index (κ2) is 4.05. The average Bonchev–Trinajstić information content (AvgIpc) is 2.73. The van der Waals surface area contributed by atoms with Crippen LogP contribution >= 0.6 is 11.3 Å². The van der Waals surface area contributed by atoms with Crippen LogP contribution in [0.3, 0.4) is 0 Å². The van der Waals surface area contributed by atoms with Gasteiger partial charge in [-0.2, -0.15) is 0 Å². The van der Waals surface area contributed by atoms with E-state index in [0.717, 1.165) is 9.88 Å². The molecule has 0 atom stereocenters. The summed E-state index contributed by atoms with van der Waals surface area (Å²) in [5.41, 5.74) is 0.447. The fraction of sp³-hybridized carbons (Fsp3) is 0.300. The number of rotatable bonds is 2. The van der Waals surface area contributed by atoms with Crippen molar-refractivity contribution in [2.75, 3.05) is 5.32 Å². The van der Waals surface area contributed by atoms with Gasteiger partial charge in [-0.15, -0.1) is 11.3 Å². The van der Waals surface area contributed by atoms with Crippen LogP contribution in [0.5, 0.6) is 0 Å². The van der Waals surface area contributed by atoms with Gasteiger partial charge in [-0.05, 0) is 20.8 Å². The molecule has 2 rings (SSSR count). The minimum Gasteiger partial charge on any atom is -0.360 e. The maximum absolute atomic E-state index is 11.8. The first-order valence-corrected chi connectivity index (χ1v) is 5.56. The molecule has 2 aromatic heterocycles. The molecule has 0 aliphatic rings. The van der Waals surface area contributed by atoms with E-state index in [-0.39, 0.29) is 5.91 Å². The van der Waals surface area contributed by atoms with Gasteiger partial charge in [0, 0.05) is 10.9 Å². The number of thiazole rings is 1. The third-order valence-electron chi connectivity index (χ3n) is 1.99. The predicted octanol–water partition coefficient (Wildman–Crippen LogP) is 2.31. The van der Waals surface area contributed by atoms with Gasteiger partial charge in [0.2, 0.25) is 0 Å². The highest BCUT2D eigenvalue weighted by Gasteiger charge is 2.15. The Labute approximate surface area is 96.5 Å². The largest absolute Gasteiger partial charge is 0.360 e. The van der Waals surface area contributed by atoms with Crippen LogP contribution in [0.15, 0.2) is 10.6 Å².